The summed E-state index contributed by atoms with van der Waals surface area (Å²) < 4.78 is 2.60. The zero-order chi connectivity index (χ0) is 11.7. The first-order valence-corrected chi connectivity index (χ1v) is 5.54. The van der Waals surface area contributed by atoms with Gasteiger partial charge in [0.05, 0.1) is 17.1 Å². The van der Waals surface area contributed by atoms with Gasteiger partial charge in [-0.05, 0) is 28.9 Å². The van der Waals surface area contributed by atoms with Crippen LogP contribution in [0.3, 0.4) is 0 Å². The number of pyridine rings is 1. The number of anilines is 3. The van der Waals surface area contributed by atoms with Crippen LogP contribution in [-0.2, 0) is 7.05 Å². The summed E-state index contributed by atoms with van der Waals surface area (Å²) in [6.45, 7) is 1.93. The molecule has 0 aliphatic carbocycles. The van der Waals surface area contributed by atoms with Gasteiger partial charge >= 0.3 is 0 Å². The number of aryl methyl sites for hydroxylation is 2. The Bertz CT molecular complexity index is 520. The molecular weight excluding hydrogens is 270 g/mol. The molecule has 16 heavy (non-hydrogen) atoms. The first-order valence-electron chi connectivity index (χ1n) is 4.74. The predicted molar refractivity (Wildman–Crippen MR) is 67.6 cm³/mol. The Kier molecular flexibility index (Phi) is 2.82. The maximum atomic E-state index is 5.84. The number of rotatable bonds is 2. The van der Waals surface area contributed by atoms with Gasteiger partial charge in [-0.2, -0.15) is 5.10 Å². The highest BCUT2D eigenvalue weighted by atomic mass is 79.9. The second-order valence-corrected chi connectivity index (χ2v) is 4.43. The molecule has 0 radical (unpaired) electrons. The number of nitrogens with one attached hydrogen (secondary N) is 1. The van der Waals surface area contributed by atoms with Crippen molar-refractivity contribution in [2.24, 2.45) is 7.05 Å². The molecule has 0 aromatic carbocycles. The van der Waals surface area contributed by atoms with Crippen molar-refractivity contribution in [3.05, 3.63) is 28.6 Å². The fourth-order valence-corrected chi connectivity index (χ4v) is 1.76. The Morgan fingerprint density at radius 2 is 2.25 bits per heavy atom. The van der Waals surface area contributed by atoms with Crippen LogP contribution < -0.4 is 11.1 Å². The first-order chi connectivity index (χ1) is 7.56. The van der Waals surface area contributed by atoms with Crippen molar-refractivity contribution in [2.75, 3.05) is 11.1 Å². The molecule has 84 valence electrons. The number of nitrogens with two attached hydrogens (primary N) is 1. The molecule has 2 aromatic rings. The lowest BCUT2D eigenvalue weighted by Gasteiger charge is -2.06. The van der Waals surface area contributed by atoms with E-state index in [9.17, 15) is 0 Å². The Morgan fingerprint density at radius 1 is 1.50 bits per heavy atom. The lowest BCUT2D eigenvalue weighted by atomic mass is 10.3. The van der Waals surface area contributed by atoms with Crippen molar-refractivity contribution in [3.63, 3.8) is 0 Å². The maximum absolute atomic E-state index is 5.84. The highest BCUT2D eigenvalue weighted by molar-refractivity contribution is 9.10. The van der Waals surface area contributed by atoms with Crippen LogP contribution in [0.1, 0.15) is 5.69 Å². The molecular formula is C10H12BrN5. The number of hydrogen-bond acceptors (Lipinski definition) is 4. The molecule has 6 heteroatoms. The van der Waals surface area contributed by atoms with E-state index in [2.05, 4.69) is 31.3 Å². The SMILES string of the molecule is Cc1nn(C)cc1Nc1ncc(Br)cc1N. The molecule has 0 fully saturated rings. The molecule has 0 unspecified atom stereocenters. The average Bonchev–Trinajstić information content (AvgIpc) is 2.50. The minimum atomic E-state index is 0.595. The fraction of sp³-hybridized carbons (Fsp3) is 0.200. The maximum Gasteiger partial charge on any atom is 0.153 e. The van der Waals surface area contributed by atoms with Gasteiger partial charge in [0.2, 0.25) is 0 Å². The molecule has 0 aliphatic heterocycles. The van der Waals surface area contributed by atoms with Gasteiger partial charge in [-0.1, -0.05) is 0 Å². The van der Waals surface area contributed by atoms with Gasteiger partial charge in [0, 0.05) is 23.9 Å². The molecule has 3 N–H and O–H groups in total. The van der Waals surface area contributed by atoms with Gasteiger partial charge in [0.1, 0.15) is 0 Å². The van der Waals surface area contributed by atoms with Crippen LogP contribution in [0.4, 0.5) is 17.2 Å². The molecule has 0 bridgehead atoms. The average molecular weight is 282 g/mol. The van der Waals surface area contributed by atoms with Gasteiger partial charge in [-0.3, -0.25) is 4.68 Å². The summed E-state index contributed by atoms with van der Waals surface area (Å²) in [5.74, 6) is 0.638. The van der Waals surface area contributed by atoms with Crippen LogP contribution in [0.15, 0.2) is 22.9 Å². The van der Waals surface area contributed by atoms with Crippen LogP contribution in [0.25, 0.3) is 0 Å². The van der Waals surface area contributed by atoms with Crippen LogP contribution >= 0.6 is 15.9 Å². The number of aromatic nitrogens is 3. The van der Waals surface area contributed by atoms with Crippen LogP contribution in [-0.4, -0.2) is 14.8 Å². The van der Waals surface area contributed by atoms with Gasteiger partial charge in [-0.15, -0.1) is 0 Å². The zero-order valence-electron chi connectivity index (χ0n) is 9.03. The van der Waals surface area contributed by atoms with Crippen molar-refractivity contribution in [1.82, 2.24) is 14.8 Å². The highest BCUT2D eigenvalue weighted by Crippen LogP contribution is 2.24. The molecule has 0 aliphatic rings. The van der Waals surface area contributed by atoms with E-state index in [1.54, 1.807) is 16.9 Å². The van der Waals surface area contributed by atoms with E-state index in [1.807, 2.05) is 20.2 Å². The summed E-state index contributed by atoms with van der Waals surface area (Å²) in [5.41, 5.74) is 8.25. The molecule has 2 rings (SSSR count). The van der Waals surface area contributed by atoms with E-state index in [0.29, 0.717) is 11.5 Å². The van der Waals surface area contributed by atoms with Gasteiger partial charge in [0.25, 0.3) is 0 Å². The molecule has 0 saturated carbocycles. The van der Waals surface area contributed by atoms with Gasteiger partial charge < -0.3 is 11.1 Å². The lowest BCUT2D eigenvalue weighted by Crippen LogP contribution is -1.99. The van der Waals surface area contributed by atoms with Crippen molar-refractivity contribution in [1.29, 1.82) is 0 Å². The van der Waals surface area contributed by atoms with E-state index in [1.165, 1.54) is 0 Å². The summed E-state index contributed by atoms with van der Waals surface area (Å²) in [5, 5.41) is 7.38. The van der Waals surface area contributed by atoms with Crippen molar-refractivity contribution >= 4 is 33.1 Å². The molecule has 2 aromatic heterocycles. The van der Waals surface area contributed by atoms with Crippen LogP contribution in [0, 0.1) is 6.92 Å². The third-order valence-electron chi connectivity index (χ3n) is 2.15. The highest BCUT2D eigenvalue weighted by Gasteiger charge is 2.06. The predicted octanol–water partition coefficient (Wildman–Crippen LogP) is 2.21. The molecule has 0 amide bonds. The lowest BCUT2D eigenvalue weighted by molar-refractivity contribution is 0.756. The van der Waals surface area contributed by atoms with E-state index in [-0.39, 0.29) is 0 Å². The minimum Gasteiger partial charge on any atom is -0.396 e. The molecule has 0 spiro atoms. The van der Waals surface area contributed by atoms with Crippen LogP contribution in [0.5, 0.6) is 0 Å². The topological polar surface area (TPSA) is 68.8 Å². The molecule has 0 saturated heterocycles. The molecule has 0 atom stereocenters. The number of halogens is 1. The summed E-state index contributed by atoms with van der Waals surface area (Å²) in [6.07, 6.45) is 3.59. The standard InChI is InChI=1S/C10H12BrN5/c1-6-9(5-16(2)15-6)14-10-8(12)3-7(11)4-13-10/h3-5H,12H2,1-2H3,(H,13,14). The fourth-order valence-electron chi connectivity index (χ4n) is 1.41. The smallest absolute Gasteiger partial charge is 0.153 e. The minimum absolute atomic E-state index is 0.595. The third-order valence-corrected chi connectivity index (χ3v) is 2.58. The summed E-state index contributed by atoms with van der Waals surface area (Å²) in [6, 6.07) is 1.81. The second kappa shape index (κ2) is 4.13. The zero-order valence-corrected chi connectivity index (χ0v) is 10.6. The second-order valence-electron chi connectivity index (χ2n) is 3.52. The normalized spacial score (nSPS) is 10.4. The Hall–Kier alpha value is -1.56. The quantitative estimate of drug-likeness (QED) is 0.886. The Morgan fingerprint density at radius 3 is 2.81 bits per heavy atom. The third kappa shape index (κ3) is 2.16. The van der Waals surface area contributed by atoms with Crippen molar-refractivity contribution in [3.8, 4) is 0 Å². The van der Waals surface area contributed by atoms with Crippen molar-refractivity contribution < 1.29 is 0 Å². The summed E-state index contributed by atoms with van der Waals surface area (Å²) in [4.78, 5) is 4.20. The summed E-state index contributed by atoms with van der Waals surface area (Å²) >= 11 is 3.31. The number of nitrogens with zero attached hydrogens (tertiary/aromatic N) is 3. The monoisotopic (exact) mass is 281 g/mol. The van der Waals surface area contributed by atoms with E-state index in [0.717, 1.165) is 15.9 Å². The van der Waals surface area contributed by atoms with Crippen molar-refractivity contribution in [2.45, 2.75) is 6.92 Å². The van der Waals surface area contributed by atoms with E-state index in [4.69, 9.17) is 5.73 Å². The Labute approximate surface area is 102 Å². The Balaban J connectivity index is 2.30. The number of nitrogen functional groups attached to an aromatic ring is 1. The van der Waals surface area contributed by atoms with Gasteiger partial charge in [0.15, 0.2) is 5.82 Å². The van der Waals surface area contributed by atoms with E-state index >= 15 is 0 Å². The molecule has 5 nitrogen and oxygen atoms in total. The van der Waals surface area contributed by atoms with Gasteiger partial charge in [-0.25, -0.2) is 4.98 Å². The first kappa shape index (κ1) is 10.9. The van der Waals surface area contributed by atoms with E-state index < -0.39 is 0 Å². The van der Waals surface area contributed by atoms with Crippen LogP contribution in [0.2, 0.25) is 0 Å². The largest absolute Gasteiger partial charge is 0.396 e. The molecule has 2 heterocycles. The number of hydrogen-bond donors (Lipinski definition) is 2. The summed E-state index contributed by atoms with van der Waals surface area (Å²) in [7, 11) is 1.87.